The molecule has 0 aliphatic rings. The summed E-state index contributed by atoms with van der Waals surface area (Å²) < 4.78 is 28.8. The summed E-state index contributed by atoms with van der Waals surface area (Å²) in [5.74, 6) is 0.239. The van der Waals surface area contributed by atoms with Crippen molar-refractivity contribution in [1.29, 1.82) is 0 Å². The number of benzene rings is 1. The molecule has 0 saturated carbocycles. The van der Waals surface area contributed by atoms with E-state index in [1.54, 1.807) is 18.3 Å². The second kappa shape index (κ2) is 7.66. The topological polar surface area (TPSA) is 74.8 Å². The lowest BCUT2D eigenvalue weighted by atomic mass is 10.0. The molecule has 1 aromatic carbocycles. The highest BCUT2D eigenvalue weighted by Crippen LogP contribution is 2.28. The van der Waals surface area contributed by atoms with E-state index in [0.29, 0.717) is 0 Å². The molecular formula is C19H22IN3O2S. The van der Waals surface area contributed by atoms with Gasteiger partial charge in [-0.3, -0.25) is 0 Å². The highest BCUT2D eigenvalue weighted by Gasteiger charge is 2.21. The van der Waals surface area contributed by atoms with Gasteiger partial charge >= 0.3 is 0 Å². The number of nitrogens with one attached hydrogen (secondary N) is 2. The molecule has 2 aromatic heterocycles. The number of alkyl halides is 1. The smallest absolute Gasteiger partial charge is 0.240 e. The Balaban J connectivity index is 1.93. The minimum atomic E-state index is -3.53. The van der Waals surface area contributed by atoms with Gasteiger partial charge in [0.05, 0.1) is 4.90 Å². The summed E-state index contributed by atoms with van der Waals surface area (Å²) in [6, 6.07) is 10.9. The van der Waals surface area contributed by atoms with Gasteiger partial charge in [0.1, 0.15) is 5.65 Å². The van der Waals surface area contributed by atoms with Gasteiger partial charge in [-0.05, 0) is 48.2 Å². The second-order valence-electron chi connectivity index (χ2n) is 6.72. The average molecular weight is 483 g/mol. The number of aromatic nitrogens is 2. The maximum atomic E-state index is 12.6. The summed E-state index contributed by atoms with van der Waals surface area (Å²) in [4.78, 5) is 7.85. The minimum absolute atomic E-state index is 0.0806. The fourth-order valence-electron chi connectivity index (χ4n) is 2.84. The number of sulfonamides is 1. The molecule has 7 heteroatoms. The molecular weight excluding hydrogens is 461 g/mol. The highest BCUT2D eigenvalue weighted by atomic mass is 127. The van der Waals surface area contributed by atoms with Gasteiger partial charge in [-0.1, -0.05) is 48.6 Å². The van der Waals surface area contributed by atoms with Crippen LogP contribution in [0, 0.1) is 12.8 Å². The van der Waals surface area contributed by atoms with Crippen LogP contribution in [-0.2, 0) is 10.0 Å². The van der Waals surface area contributed by atoms with E-state index < -0.39 is 10.0 Å². The van der Waals surface area contributed by atoms with E-state index in [4.69, 9.17) is 0 Å². The van der Waals surface area contributed by atoms with Crippen molar-refractivity contribution in [1.82, 2.24) is 14.7 Å². The van der Waals surface area contributed by atoms with Crippen LogP contribution in [0.3, 0.4) is 0 Å². The zero-order chi connectivity index (χ0) is 18.9. The summed E-state index contributed by atoms with van der Waals surface area (Å²) in [5.41, 5.74) is 3.87. The number of halogens is 1. The Morgan fingerprint density at radius 1 is 1.19 bits per heavy atom. The largest absolute Gasteiger partial charge is 0.344 e. The van der Waals surface area contributed by atoms with Gasteiger partial charge in [0, 0.05) is 27.7 Å². The first-order valence-electron chi connectivity index (χ1n) is 8.45. The monoisotopic (exact) mass is 483 g/mol. The van der Waals surface area contributed by atoms with Crippen molar-refractivity contribution < 1.29 is 8.42 Å². The van der Waals surface area contributed by atoms with Crippen molar-refractivity contribution in [2.24, 2.45) is 5.92 Å². The standard InChI is InChI=1S/C19H22IN3O2S/c1-12(2)18(11-20)23-26(24,25)15-6-4-14(5-7-15)16-8-9-21-19-17(16)10-13(3)22-19/h4-10,12,18,23H,11H2,1-3H3,(H,21,22). The Kier molecular flexibility index (Phi) is 5.69. The van der Waals surface area contributed by atoms with E-state index in [1.807, 2.05) is 39.0 Å². The van der Waals surface area contributed by atoms with Gasteiger partial charge in [-0.2, -0.15) is 0 Å². The lowest BCUT2D eigenvalue weighted by Crippen LogP contribution is -2.39. The van der Waals surface area contributed by atoms with Gasteiger partial charge in [-0.25, -0.2) is 18.1 Å². The predicted molar refractivity (Wildman–Crippen MR) is 114 cm³/mol. The summed E-state index contributed by atoms with van der Waals surface area (Å²) in [6.07, 6.45) is 1.76. The number of hydrogen-bond acceptors (Lipinski definition) is 3. The number of pyridine rings is 1. The van der Waals surface area contributed by atoms with E-state index in [2.05, 4.69) is 43.3 Å². The molecule has 138 valence electrons. The molecule has 0 amide bonds. The van der Waals surface area contributed by atoms with Crippen LogP contribution in [0.2, 0.25) is 0 Å². The number of fused-ring (bicyclic) bond motifs is 1. The molecule has 1 atom stereocenters. The molecule has 3 aromatic rings. The van der Waals surface area contributed by atoms with Crippen LogP contribution in [0.4, 0.5) is 0 Å². The molecule has 0 aliphatic heterocycles. The van der Waals surface area contributed by atoms with Crippen LogP contribution in [0.5, 0.6) is 0 Å². The molecule has 26 heavy (non-hydrogen) atoms. The van der Waals surface area contributed by atoms with Gasteiger partial charge in [0.15, 0.2) is 0 Å². The number of hydrogen-bond donors (Lipinski definition) is 2. The average Bonchev–Trinajstić information content (AvgIpc) is 2.99. The van der Waals surface area contributed by atoms with Gasteiger partial charge in [0.2, 0.25) is 10.0 Å². The van der Waals surface area contributed by atoms with Crippen molar-refractivity contribution in [3.8, 4) is 11.1 Å². The maximum Gasteiger partial charge on any atom is 0.240 e. The fourth-order valence-corrected chi connectivity index (χ4v) is 5.76. The molecule has 0 fully saturated rings. The number of H-pyrrole nitrogens is 1. The lowest BCUT2D eigenvalue weighted by molar-refractivity contribution is 0.486. The molecule has 2 heterocycles. The summed E-state index contributed by atoms with van der Waals surface area (Å²) in [5, 5.41) is 1.03. The van der Waals surface area contributed by atoms with Crippen LogP contribution < -0.4 is 4.72 Å². The highest BCUT2D eigenvalue weighted by molar-refractivity contribution is 14.1. The van der Waals surface area contributed by atoms with Crippen molar-refractivity contribution in [3.63, 3.8) is 0 Å². The molecule has 0 spiro atoms. The Morgan fingerprint density at radius 3 is 2.50 bits per heavy atom. The third-order valence-corrected chi connectivity index (χ3v) is 6.87. The molecule has 3 rings (SSSR count). The maximum absolute atomic E-state index is 12.6. The molecule has 0 aliphatic carbocycles. The SMILES string of the molecule is Cc1cc2c(-c3ccc(S(=O)(=O)NC(CI)C(C)C)cc3)ccnc2[nH]1. The Labute approximate surface area is 167 Å². The van der Waals surface area contributed by atoms with E-state index in [1.165, 1.54) is 0 Å². The molecule has 5 nitrogen and oxygen atoms in total. The van der Waals surface area contributed by atoms with Crippen molar-refractivity contribution in [2.45, 2.75) is 31.7 Å². The van der Waals surface area contributed by atoms with Crippen molar-refractivity contribution in [2.75, 3.05) is 4.43 Å². The first kappa shape index (κ1) is 19.3. The van der Waals surface area contributed by atoms with E-state index in [9.17, 15) is 8.42 Å². The van der Waals surface area contributed by atoms with Gasteiger partial charge in [0.25, 0.3) is 0 Å². The molecule has 1 unspecified atom stereocenters. The van der Waals surface area contributed by atoms with Gasteiger partial charge in [-0.15, -0.1) is 0 Å². The van der Waals surface area contributed by atoms with E-state index in [0.717, 1.165) is 32.3 Å². The normalized spacial score (nSPS) is 13.4. The zero-order valence-electron chi connectivity index (χ0n) is 15.0. The van der Waals surface area contributed by atoms with Gasteiger partial charge < -0.3 is 4.98 Å². The molecule has 0 bridgehead atoms. The lowest BCUT2D eigenvalue weighted by Gasteiger charge is -2.20. The van der Waals surface area contributed by atoms with Crippen LogP contribution >= 0.6 is 22.6 Å². The van der Waals surface area contributed by atoms with Crippen molar-refractivity contribution in [3.05, 3.63) is 48.3 Å². The van der Waals surface area contributed by atoms with Crippen molar-refractivity contribution >= 4 is 43.6 Å². The minimum Gasteiger partial charge on any atom is -0.344 e. The van der Waals surface area contributed by atoms with Crippen LogP contribution in [0.25, 0.3) is 22.2 Å². The number of nitrogens with zero attached hydrogens (tertiary/aromatic N) is 1. The fraction of sp³-hybridized carbons (Fsp3) is 0.316. The number of rotatable bonds is 6. The first-order valence-corrected chi connectivity index (χ1v) is 11.5. The second-order valence-corrected chi connectivity index (χ2v) is 9.32. The number of aromatic amines is 1. The van der Waals surface area contributed by atoms with E-state index >= 15 is 0 Å². The molecule has 0 saturated heterocycles. The summed E-state index contributed by atoms with van der Waals surface area (Å²) >= 11 is 2.21. The van der Waals surface area contributed by atoms with Crippen LogP contribution in [-0.4, -0.2) is 28.9 Å². The number of aryl methyl sites for hydroxylation is 1. The Hall–Kier alpha value is -1.45. The summed E-state index contributed by atoms with van der Waals surface area (Å²) in [7, 11) is -3.53. The molecule has 2 N–H and O–H groups in total. The quantitative estimate of drug-likeness (QED) is 0.406. The summed E-state index contributed by atoms with van der Waals surface area (Å²) in [6.45, 7) is 6.02. The zero-order valence-corrected chi connectivity index (χ0v) is 17.9. The van der Waals surface area contributed by atoms with Crippen LogP contribution in [0.1, 0.15) is 19.5 Å². The third-order valence-electron chi connectivity index (χ3n) is 4.42. The third kappa shape index (κ3) is 3.94. The Bertz CT molecular complexity index is 1010. The first-order chi connectivity index (χ1) is 12.3. The molecule has 0 radical (unpaired) electrons. The van der Waals surface area contributed by atoms with Crippen LogP contribution in [0.15, 0.2) is 47.5 Å². The Morgan fingerprint density at radius 2 is 1.88 bits per heavy atom. The predicted octanol–water partition coefficient (Wildman–Crippen LogP) is 4.28. The van der Waals surface area contributed by atoms with E-state index in [-0.39, 0.29) is 16.9 Å².